The molecule has 4 heteroatoms. The number of carbonyl (C=O) groups excluding carboxylic acids is 1. The molecule has 0 bridgehead atoms. The van der Waals surface area contributed by atoms with E-state index in [2.05, 4.69) is 0 Å². The van der Waals surface area contributed by atoms with Crippen LogP contribution in [0.1, 0.15) is 19.8 Å². The fraction of sp³-hybridized carbons (Fsp3) is 0.875. The Labute approximate surface area is 72.3 Å². The molecule has 1 rings (SSSR count). The van der Waals surface area contributed by atoms with E-state index in [1.165, 1.54) is 0 Å². The fourth-order valence-electron chi connectivity index (χ4n) is 1.35. The molecule has 4 nitrogen and oxygen atoms in total. The first-order valence-corrected chi connectivity index (χ1v) is 4.37. The van der Waals surface area contributed by atoms with Crippen LogP contribution in [0, 0.1) is 0 Å². The lowest BCUT2D eigenvalue weighted by Crippen LogP contribution is -2.42. The molecule has 0 aromatic heterocycles. The second-order valence-electron chi connectivity index (χ2n) is 3.24. The van der Waals surface area contributed by atoms with Gasteiger partial charge in [-0.3, -0.25) is 4.79 Å². The Morgan fingerprint density at radius 1 is 1.83 bits per heavy atom. The Morgan fingerprint density at radius 3 is 2.92 bits per heavy atom. The van der Waals surface area contributed by atoms with Gasteiger partial charge in [-0.15, -0.1) is 0 Å². The zero-order valence-electron chi connectivity index (χ0n) is 7.36. The van der Waals surface area contributed by atoms with Crippen molar-refractivity contribution in [2.45, 2.75) is 31.9 Å². The van der Waals surface area contributed by atoms with Crippen LogP contribution >= 0.6 is 0 Å². The van der Waals surface area contributed by atoms with E-state index in [0.29, 0.717) is 25.9 Å². The highest BCUT2D eigenvalue weighted by Crippen LogP contribution is 2.10. The van der Waals surface area contributed by atoms with Gasteiger partial charge in [-0.05, 0) is 12.8 Å². The number of carbonyl (C=O) groups is 1. The number of aliphatic hydroxyl groups is 1. The van der Waals surface area contributed by atoms with E-state index in [-0.39, 0.29) is 12.0 Å². The first kappa shape index (κ1) is 9.48. The minimum absolute atomic E-state index is 0.0333. The first-order valence-electron chi connectivity index (χ1n) is 4.37. The van der Waals surface area contributed by atoms with Crippen molar-refractivity contribution in [3.05, 3.63) is 0 Å². The average molecular weight is 172 g/mol. The molecule has 0 aromatic carbocycles. The van der Waals surface area contributed by atoms with Crippen molar-refractivity contribution in [3.8, 4) is 0 Å². The molecule has 2 atom stereocenters. The number of nitrogens with two attached hydrogens (primary N) is 1. The van der Waals surface area contributed by atoms with E-state index >= 15 is 0 Å². The summed E-state index contributed by atoms with van der Waals surface area (Å²) in [5.74, 6) is -0.0333. The van der Waals surface area contributed by atoms with Gasteiger partial charge in [0.05, 0.1) is 12.1 Å². The van der Waals surface area contributed by atoms with E-state index in [1.54, 1.807) is 4.90 Å². The van der Waals surface area contributed by atoms with E-state index in [4.69, 9.17) is 10.8 Å². The standard InChI is InChI=1S/C8H16N2O2/c1-2-7(9)8(12)10-4-3-6(11)5-10/h6-7,11H,2-5,9H2,1H3/t6-,7+/m0/s1. The summed E-state index contributed by atoms with van der Waals surface area (Å²) in [6, 6.07) is -0.393. The SMILES string of the molecule is CC[C@@H](N)C(=O)N1CC[C@H](O)C1. The molecule has 1 fully saturated rings. The fourth-order valence-corrected chi connectivity index (χ4v) is 1.35. The van der Waals surface area contributed by atoms with Crippen LogP contribution in [0.3, 0.4) is 0 Å². The number of nitrogens with zero attached hydrogens (tertiary/aromatic N) is 1. The predicted molar refractivity (Wildman–Crippen MR) is 45.5 cm³/mol. The normalized spacial score (nSPS) is 25.9. The van der Waals surface area contributed by atoms with Gasteiger partial charge >= 0.3 is 0 Å². The van der Waals surface area contributed by atoms with Crippen molar-refractivity contribution in [3.63, 3.8) is 0 Å². The number of amides is 1. The third kappa shape index (κ3) is 1.95. The molecule has 0 saturated carbocycles. The summed E-state index contributed by atoms with van der Waals surface area (Å²) < 4.78 is 0. The molecule has 0 aromatic rings. The third-order valence-corrected chi connectivity index (χ3v) is 2.23. The molecule has 1 heterocycles. The Kier molecular flexibility index (Phi) is 3.05. The molecule has 1 aliphatic rings. The van der Waals surface area contributed by atoms with Gasteiger partial charge in [0.2, 0.25) is 5.91 Å². The summed E-state index contributed by atoms with van der Waals surface area (Å²) in [6.45, 7) is 2.98. The van der Waals surface area contributed by atoms with Crippen LogP contribution in [0.2, 0.25) is 0 Å². The Bertz CT molecular complexity index is 172. The molecule has 1 amide bonds. The minimum Gasteiger partial charge on any atom is -0.391 e. The van der Waals surface area contributed by atoms with Gasteiger partial charge in [-0.2, -0.15) is 0 Å². The summed E-state index contributed by atoms with van der Waals surface area (Å²) >= 11 is 0. The maximum Gasteiger partial charge on any atom is 0.239 e. The van der Waals surface area contributed by atoms with Gasteiger partial charge in [0.25, 0.3) is 0 Å². The summed E-state index contributed by atoms with van der Waals surface area (Å²) in [5.41, 5.74) is 5.57. The smallest absolute Gasteiger partial charge is 0.239 e. The quantitative estimate of drug-likeness (QED) is 0.580. The minimum atomic E-state index is -0.393. The zero-order chi connectivity index (χ0) is 9.14. The number of hydrogen-bond acceptors (Lipinski definition) is 3. The van der Waals surface area contributed by atoms with Crippen LogP contribution in [-0.4, -0.2) is 41.1 Å². The lowest BCUT2D eigenvalue weighted by atomic mass is 10.2. The molecule has 0 aliphatic carbocycles. The van der Waals surface area contributed by atoms with Gasteiger partial charge in [0.15, 0.2) is 0 Å². The zero-order valence-corrected chi connectivity index (χ0v) is 7.36. The summed E-state index contributed by atoms with van der Waals surface area (Å²) in [6.07, 6.45) is 0.992. The lowest BCUT2D eigenvalue weighted by Gasteiger charge is -2.18. The Hall–Kier alpha value is -0.610. The monoisotopic (exact) mass is 172 g/mol. The highest BCUT2D eigenvalue weighted by molar-refractivity contribution is 5.81. The number of likely N-dealkylation sites (tertiary alicyclic amines) is 1. The van der Waals surface area contributed by atoms with Crippen molar-refractivity contribution >= 4 is 5.91 Å². The number of β-amino-alcohol motifs (C(OH)–C–C–N with tert-alkyl or cyclic N) is 1. The second kappa shape index (κ2) is 3.87. The highest BCUT2D eigenvalue weighted by atomic mass is 16.3. The number of hydrogen-bond donors (Lipinski definition) is 2. The Morgan fingerprint density at radius 2 is 2.50 bits per heavy atom. The van der Waals surface area contributed by atoms with Crippen LogP contribution in [-0.2, 0) is 4.79 Å². The number of rotatable bonds is 2. The van der Waals surface area contributed by atoms with Gasteiger partial charge in [-0.25, -0.2) is 0 Å². The molecule has 0 spiro atoms. The van der Waals surface area contributed by atoms with Crippen molar-refractivity contribution in [2.75, 3.05) is 13.1 Å². The molecule has 1 aliphatic heterocycles. The van der Waals surface area contributed by atoms with Gasteiger partial charge in [-0.1, -0.05) is 6.92 Å². The van der Waals surface area contributed by atoms with Crippen LogP contribution in [0.25, 0.3) is 0 Å². The number of aliphatic hydroxyl groups excluding tert-OH is 1. The van der Waals surface area contributed by atoms with E-state index in [0.717, 1.165) is 0 Å². The van der Waals surface area contributed by atoms with Crippen LogP contribution in [0.5, 0.6) is 0 Å². The molecular weight excluding hydrogens is 156 g/mol. The summed E-state index contributed by atoms with van der Waals surface area (Å²) in [5, 5.41) is 9.17. The maximum absolute atomic E-state index is 11.4. The van der Waals surface area contributed by atoms with Crippen molar-refractivity contribution in [2.24, 2.45) is 5.73 Å². The predicted octanol–water partition coefficient (Wildman–Crippen LogP) is -0.683. The van der Waals surface area contributed by atoms with Crippen molar-refractivity contribution in [1.29, 1.82) is 0 Å². The molecule has 12 heavy (non-hydrogen) atoms. The largest absolute Gasteiger partial charge is 0.391 e. The van der Waals surface area contributed by atoms with Crippen molar-refractivity contribution in [1.82, 2.24) is 4.90 Å². The van der Waals surface area contributed by atoms with Gasteiger partial charge in [0.1, 0.15) is 0 Å². The topological polar surface area (TPSA) is 66.6 Å². The molecule has 3 N–H and O–H groups in total. The molecule has 0 radical (unpaired) electrons. The van der Waals surface area contributed by atoms with E-state index < -0.39 is 6.04 Å². The van der Waals surface area contributed by atoms with Crippen LogP contribution in [0.4, 0.5) is 0 Å². The van der Waals surface area contributed by atoms with Gasteiger partial charge < -0.3 is 15.7 Å². The Balaban J connectivity index is 2.43. The third-order valence-electron chi connectivity index (χ3n) is 2.23. The van der Waals surface area contributed by atoms with E-state index in [1.807, 2.05) is 6.92 Å². The molecule has 0 unspecified atom stereocenters. The van der Waals surface area contributed by atoms with Crippen molar-refractivity contribution < 1.29 is 9.90 Å². The molecule has 1 saturated heterocycles. The second-order valence-corrected chi connectivity index (χ2v) is 3.24. The van der Waals surface area contributed by atoms with Gasteiger partial charge in [0, 0.05) is 13.1 Å². The maximum atomic E-state index is 11.4. The van der Waals surface area contributed by atoms with Crippen LogP contribution in [0.15, 0.2) is 0 Å². The summed E-state index contributed by atoms with van der Waals surface area (Å²) in [7, 11) is 0. The van der Waals surface area contributed by atoms with E-state index in [9.17, 15) is 4.79 Å². The molecule has 70 valence electrons. The lowest BCUT2D eigenvalue weighted by molar-refractivity contribution is -0.131. The highest BCUT2D eigenvalue weighted by Gasteiger charge is 2.26. The summed E-state index contributed by atoms with van der Waals surface area (Å²) in [4.78, 5) is 13.0. The van der Waals surface area contributed by atoms with Crippen LogP contribution < -0.4 is 5.73 Å². The first-order chi connectivity index (χ1) is 5.65. The average Bonchev–Trinajstić information content (AvgIpc) is 2.49. The molecular formula is C8H16N2O2.